The molecule has 2 N–H and O–H groups in total. The topological polar surface area (TPSA) is 92.2 Å². The fourth-order valence-electron chi connectivity index (χ4n) is 1.84. The van der Waals surface area contributed by atoms with E-state index in [1.807, 2.05) is 6.92 Å². The Kier molecular flexibility index (Phi) is 3.98. The van der Waals surface area contributed by atoms with Crippen molar-refractivity contribution in [1.82, 2.24) is 19.6 Å². The Morgan fingerprint density at radius 1 is 1.58 bits per heavy atom. The standard InChI is InChI=1S/C11H17N5O2S/c1-7(4-5-19(3)18)12-9-6-10-14-15-11(17)16(10)8(2)13-9/h6-7,12H,4-5H2,1-3H3,(H,15,17). The molecule has 0 fully saturated rings. The molecule has 0 saturated carbocycles. The quantitative estimate of drug-likeness (QED) is 0.823. The lowest BCUT2D eigenvalue weighted by atomic mass is 10.2. The van der Waals surface area contributed by atoms with Crippen LogP contribution in [0.4, 0.5) is 5.82 Å². The van der Waals surface area contributed by atoms with Gasteiger partial charge in [0.2, 0.25) is 0 Å². The smallest absolute Gasteiger partial charge is 0.349 e. The number of aryl methyl sites for hydroxylation is 1. The number of aromatic amines is 1. The minimum absolute atomic E-state index is 0.156. The summed E-state index contributed by atoms with van der Waals surface area (Å²) < 4.78 is 12.5. The molecule has 19 heavy (non-hydrogen) atoms. The zero-order valence-electron chi connectivity index (χ0n) is 11.1. The molecule has 2 atom stereocenters. The van der Waals surface area contributed by atoms with E-state index in [1.165, 1.54) is 4.40 Å². The van der Waals surface area contributed by atoms with Crippen molar-refractivity contribution in [2.75, 3.05) is 17.3 Å². The lowest BCUT2D eigenvalue weighted by Gasteiger charge is -2.14. The van der Waals surface area contributed by atoms with Gasteiger partial charge in [-0.3, -0.25) is 4.21 Å². The van der Waals surface area contributed by atoms with Gasteiger partial charge in [-0.2, -0.15) is 5.10 Å². The Morgan fingerprint density at radius 3 is 3.00 bits per heavy atom. The van der Waals surface area contributed by atoms with Crippen molar-refractivity contribution in [3.05, 3.63) is 22.4 Å². The van der Waals surface area contributed by atoms with Crippen LogP contribution in [0.3, 0.4) is 0 Å². The molecule has 0 radical (unpaired) electrons. The maximum atomic E-state index is 11.5. The minimum Gasteiger partial charge on any atom is -0.367 e. The Hall–Kier alpha value is -1.70. The van der Waals surface area contributed by atoms with Gasteiger partial charge in [-0.15, -0.1) is 0 Å². The zero-order chi connectivity index (χ0) is 14.0. The summed E-state index contributed by atoms with van der Waals surface area (Å²) in [6.45, 7) is 3.76. The summed E-state index contributed by atoms with van der Waals surface area (Å²) in [5, 5.41) is 9.53. The van der Waals surface area contributed by atoms with Crippen molar-refractivity contribution in [1.29, 1.82) is 0 Å². The largest absolute Gasteiger partial charge is 0.367 e. The third kappa shape index (κ3) is 3.19. The summed E-state index contributed by atoms with van der Waals surface area (Å²) in [5.74, 6) is 1.89. The van der Waals surface area contributed by atoms with Crippen molar-refractivity contribution in [3.8, 4) is 0 Å². The molecular formula is C11H17N5O2S. The van der Waals surface area contributed by atoms with E-state index in [9.17, 15) is 9.00 Å². The lowest BCUT2D eigenvalue weighted by molar-refractivity contribution is 0.678. The molecule has 0 amide bonds. The molecule has 7 nitrogen and oxygen atoms in total. The summed E-state index contributed by atoms with van der Waals surface area (Å²) in [7, 11) is -0.791. The van der Waals surface area contributed by atoms with Gasteiger partial charge < -0.3 is 5.32 Å². The summed E-state index contributed by atoms with van der Waals surface area (Å²) in [6, 6.07) is 1.87. The van der Waals surface area contributed by atoms with Gasteiger partial charge in [-0.1, -0.05) is 0 Å². The Labute approximate surface area is 112 Å². The summed E-state index contributed by atoms with van der Waals surface area (Å²) in [5.41, 5.74) is 0.243. The molecule has 2 unspecified atom stereocenters. The summed E-state index contributed by atoms with van der Waals surface area (Å²) in [4.78, 5) is 15.8. The van der Waals surface area contributed by atoms with Crippen molar-refractivity contribution >= 4 is 22.3 Å². The number of hydrogen-bond acceptors (Lipinski definition) is 5. The Morgan fingerprint density at radius 2 is 2.32 bits per heavy atom. The van der Waals surface area contributed by atoms with E-state index >= 15 is 0 Å². The number of H-pyrrole nitrogens is 1. The highest BCUT2D eigenvalue weighted by Crippen LogP contribution is 2.10. The number of aromatic nitrogens is 4. The molecule has 0 spiro atoms. The lowest BCUT2D eigenvalue weighted by Crippen LogP contribution is -2.20. The van der Waals surface area contributed by atoms with Crippen LogP contribution in [0, 0.1) is 6.92 Å². The van der Waals surface area contributed by atoms with Gasteiger partial charge in [-0.25, -0.2) is 19.3 Å². The monoisotopic (exact) mass is 283 g/mol. The molecule has 0 aliphatic heterocycles. The molecule has 0 bridgehead atoms. The third-order valence-corrected chi connectivity index (χ3v) is 3.61. The number of anilines is 1. The Balaban J connectivity index is 2.17. The molecular weight excluding hydrogens is 266 g/mol. The van der Waals surface area contributed by atoms with Gasteiger partial charge in [0.1, 0.15) is 11.6 Å². The second-order valence-electron chi connectivity index (χ2n) is 4.52. The highest BCUT2D eigenvalue weighted by Gasteiger charge is 2.09. The molecule has 0 saturated heterocycles. The second-order valence-corrected chi connectivity index (χ2v) is 6.08. The normalized spacial score (nSPS) is 14.5. The maximum absolute atomic E-state index is 11.5. The Bertz CT molecular complexity index is 663. The average molecular weight is 283 g/mol. The van der Waals surface area contributed by atoms with E-state index in [2.05, 4.69) is 20.5 Å². The number of hydrogen-bond donors (Lipinski definition) is 2. The molecule has 0 aliphatic rings. The van der Waals surface area contributed by atoms with Gasteiger partial charge in [-0.05, 0) is 20.3 Å². The molecule has 2 rings (SSSR count). The van der Waals surface area contributed by atoms with Crippen LogP contribution < -0.4 is 11.0 Å². The maximum Gasteiger partial charge on any atom is 0.349 e. The van der Waals surface area contributed by atoms with Crippen LogP contribution in [-0.2, 0) is 10.8 Å². The number of nitrogens with one attached hydrogen (secondary N) is 2. The first-order chi connectivity index (χ1) is 8.97. The first-order valence-corrected chi connectivity index (χ1v) is 7.71. The predicted molar refractivity (Wildman–Crippen MR) is 75.0 cm³/mol. The molecule has 8 heteroatoms. The number of fused-ring (bicyclic) bond motifs is 1. The van der Waals surface area contributed by atoms with Gasteiger partial charge in [0, 0.05) is 34.9 Å². The molecule has 0 aliphatic carbocycles. The van der Waals surface area contributed by atoms with Crippen LogP contribution in [0.2, 0.25) is 0 Å². The van der Waals surface area contributed by atoms with Crippen LogP contribution >= 0.6 is 0 Å². The zero-order valence-corrected chi connectivity index (χ0v) is 12.0. The van der Waals surface area contributed by atoms with E-state index in [4.69, 9.17) is 0 Å². The highest BCUT2D eigenvalue weighted by atomic mass is 32.2. The number of nitrogens with zero attached hydrogens (tertiary/aromatic N) is 3. The van der Waals surface area contributed by atoms with Crippen molar-refractivity contribution < 1.29 is 4.21 Å². The van der Waals surface area contributed by atoms with Gasteiger partial charge in [0.25, 0.3) is 0 Å². The predicted octanol–water partition coefficient (Wildman–Crippen LogP) is 0.295. The first-order valence-electron chi connectivity index (χ1n) is 5.98. The summed E-state index contributed by atoms with van der Waals surface area (Å²) >= 11 is 0. The third-order valence-electron chi connectivity index (χ3n) is 2.80. The minimum atomic E-state index is -0.791. The molecule has 0 aromatic carbocycles. The van der Waals surface area contributed by atoms with E-state index in [0.717, 1.165) is 6.42 Å². The second kappa shape index (κ2) is 5.52. The van der Waals surface area contributed by atoms with Gasteiger partial charge in [0.05, 0.1) is 0 Å². The SMILES string of the molecule is Cc1nc(NC(C)CCS(C)=O)cc2n[nH]c(=O)n12. The molecule has 2 aromatic heterocycles. The fraction of sp³-hybridized carbons (Fsp3) is 0.545. The highest BCUT2D eigenvalue weighted by molar-refractivity contribution is 7.84. The first kappa shape index (κ1) is 13.7. The van der Waals surface area contributed by atoms with E-state index in [-0.39, 0.29) is 11.7 Å². The van der Waals surface area contributed by atoms with Crippen LogP contribution in [0.5, 0.6) is 0 Å². The number of rotatable bonds is 5. The van der Waals surface area contributed by atoms with Gasteiger partial charge >= 0.3 is 5.69 Å². The van der Waals surface area contributed by atoms with Crippen molar-refractivity contribution in [3.63, 3.8) is 0 Å². The molecule has 2 aromatic rings. The van der Waals surface area contributed by atoms with Crippen LogP contribution in [0.1, 0.15) is 19.2 Å². The van der Waals surface area contributed by atoms with Crippen molar-refractivity contribution in [2.45, 2.75) is 26.3 Å². The molecule has 2 heterocycles. The van der Waals surface area contributed by atoms with E-state index < -0.39 is 10.8 Å². The van der Waals surface area contributed by atoms with Gasteiger partial charge in [0.15, 0.2) is 5.65 Å². The average Bonchev–Trinajstić information content (AvgIpc) is 2.68. The van der Waals surface area contributed by atoms with Crippen molar-refractivity contribution in [2.24, 2.45) is 0 Å². The van der Waals surface area contributed by atoms with E-state index in [0.29, 0.717) is 23.0 Å². The molecule has 104 valence electrons. The van der Waals surface area contributed by atoms with Crippen LogP contribution in [0.15, 0.2) is 10.9 Å². The van der Waals surface area contributed by atoms with Crippen LogP contribution in [0.25, 0.3) is 5.65 Å². The summed E-state index contributed by atoms with van der Waals surface area (Å²) in [6.07, 6.45) is 2.49. The fourth-order valence-corrected chi connectivity index (χ4v) is 2.52. The van der Waals surface area contributed by atoms with Crippen LogP contribution in [-0.4, -0.2) is 41.8 Å². The van der Waals surface area contributed by atoms with E-state index in [1.54, 1.807) is 19.2 Å².